The Morgan fingerprint density at radius 2 is 1.95 bits per heavy atom. The Morgan fingerprint density at radius 1 is 1.14 bits per heavy atom. The molecule has 0 N–H and O–H groups in total. The molecule has 1 aliphatic rings. The number of benzene rings is 2. The van der Waals surface area contributed by atoms with E-state index in [4.69, 9.17) is 4.74 Å². The summed E-state index contributed by atoms with van der Waals surface area (Å²) in [7, 11) is 0. The van der Waals surface area contributed by atoms with Gasteiger partial charge in [0.2, 0.25) is 0 Å². The summed E-state index contributed by atoms with van der Waals surface area (Å²) < 4.78 is 7.06. The normalized spacial score (nSPS) is 18.3. The van der Waals surface area contributed by atoms with Gasteiger partial charge >= 0.3 is 0 Å². The average Bonchev–Trinajstić information content (AvgIpc) is 2.50. The van der Waals surface area contributed by atoms with E-state index in [1.165, 1.54) is 15.6 Å². The summed E-state index contributed by atoms with van der Waals surface area (Å²) >= 11 is 3.67. The first-order valence-electron chi connectivity index (χ1n) is 7.42. The lowest BCUT2D eigenvalue weighted by molar-refractivity contribution is 0.149. The van der Waals surface area contributed by atoms with E-state index in [-0.39, 0.29) is 0 Å². The lowest BCUT2D eigenvalue weighted by Crippen LogP contribution is -2.40. The highest BCUT2D eigenvalue weighted by Crippen LogP contribution is 2.29. The van der Waals surface area contributed by atoms with Gasteiger partial charge in [-0.15, -0.1) is 0 Å². The average molecular weight is 346 g/mol. The molecular weight excluding hydrogens is 326 g/mol. The van der Waals surface area contributed by atoms with Gasteiger partial charge < -0.3 is 4.74 Å². The highest BCUT2D eigenvalue weighted by atomic mass is 79.9. The van der Waals surface area contributed by atoms with E-state index in [1.54, 1.807) is 0 Å². The van der Waals surface area contributed by atoms with Crippen molar-refractivity contribution < 1.29 is 4.74 Å². The van der Waals surface area contributed by atoms with Crippen molar-refractivity contribution in [3.8, 4) is 5.75 Å². The zero-order chi connectivity index (χ0) is 14.7. The maximum absolute atomic E-state index is 5.82. The van der Waals surface area contributed by atoms with Gasteiger partial charge in [-0.3, -0.25) is 4.90 Å². The molecule has 0 amide bonds. The minimum Gasteiger partial charge on any atom is -0.492 e. The molecule has 0 fully saturated rings. The number of fused-ring (bicyclic) bond motifs is 1. The fourth-order valence-corrected chi connectivity index (χ4v) is 3.45. The van der Waals surface area contributed by atoms with Crippen molar-refractivity contribution in [2.45, 2.75) is 25.9 Å². The number of hydrogen-bond acceptors (Lipinski definition) is 2. The molecule has 0 spiro atoms. The number of rotatable bonds is 4. The Balaban J connectivity index is 1.60. The van der Waals surface area contributed by atoms with Crippen LogP contribution < -0.4 is 4.74 Å². The third kappa shape index (κ3) is 3.47. The van der Waals surface area contributed by atoms with Gasteiger partial charge in [-0.25, -0.2) is 0 Å². The van der Waals surface area contributed by atoms with E-state index in [2.05, 4.69) is 46.0 Å². The smallest absolute Gasteiger partial charge is 0.119 e. The van der Waals surface area contributed by atoms with Crippen molar-refractivity contribution in [1.29, 1.82) is 0 Å². The lowest BCUT2D eigenvalue weighted by atomic mass is 9.95. The maximum atomic E-state index is 5.82. The Kier molecular flexibility index (Phi) is 4.61. The molecule has 0 bridgehead atoms. The first-order valence-corrected chi connectivity index (χ1v) is 8.21. The molecule has 0 saturated carbocycles. The van der Waals surface area contributed by atoms with E-state index in [1.807, 2.05) is 30.3 Å². The van der Waals surface area contributed by atoms with Crippen LogP contribution in [0, 0.1) is 0 Å². The molecule has 0 aromatic heterocycles. The van der Waals surface area contributed by atoms with Crippen LogP contribution in [0.1, 0.15) is 18.1 Å². The third-order valence-corrected chi connectivity index (χ3v) is 4.85. The zero-order valence-corrected chi connectivity index (χ0v) is 13.8. The molecule has 3 heteroatoms. The second-order valence-corrected chi connectivity index (χ2v) is 6.42. The van der Waals surface area contributed by atoms with Crippen LogP contribution in [0.4, 0.5) is 0 Å². The van der Waals surface area contributed by atoms with Gasteiger partial charge in [0.05, 0.1) is 0 Å². The molecule has 2 nitrogen and oxygen atoms in total. The SMILES string of the molecule is CC1Cc2c(Br)cccc2CN1CCOc1ccccc1. The molecular formula is C18H20BrNO. The van der Waals surface area contributed by atoms with E-state index in [0.29, 0.717) is 6.04 Å². The van der Waals surface area contributed by atoms with Crippen LogP contribution in [0.5, 0.6) is 5.75 Å². The number of halogens is 1. The van der Waals surface area contributed by atoms with E-state index in [0.717, 1.165) is 31.9 Å². The molecule has 0 aliphatic carbocycles. The minimum absolute atomic E-state index is 0.551. The Labute approximate surface area is 134 Å². The lowest BCUT2D eigenvalue weighted by Gasteiger charge is -2.35. The van der Waals surface area contributed by atoms with Gasteiger partial charge in [0.1, 0.15) is 12.4 Å². The molecule has 110 valence electrons. The van der Waals surface area contributed by atoms with Crippen molar-refractivity contribution in [1.82, 2.24) is 4.90 Å². The third-order valence-electron chi connectivity index (χ3n) is 4.10. The summed E-state index contributed by atoms with van der Waals surface area (Å²) in [6.07, 6.45) is 1.10. The molecule has 2 aromatic carbocycles. The van der Waals surface area contributed by atoms with Gasteiger partial charge in [-0.1, -0.05) is 46.3 Å². The second-order valence-electron chi connectivity index (χ2n) is 5.56. The predicted octanol–water partition coefficient (Wildman–Crippen LogP) is 4.27. The van der Waals surface area contributed by atoms with Gasteiger partial charge in [-0.05, 0) is 42.7 Å². The summed E-state index contributed by atoms with van der Waals surface area (Å²) in [5.41, 5.74) is 2.90. The highest BCUT2D eigenvalue weighted by molar-refractivity contribution is 9.10. The van der Waals surface area contributed by atoms with Crippen LogP contribution in [0.2, 0.25) is 0 Å². The van der Waals surface area contributed by atoms with Crippen LogP contribution in [0.25, 0.3) is 0 Å². The minimum atomic E-state index is 0.551. The zero-order valence-electron chi connectivity index (χ0n) is 12.3. The molecule has 1 heterocycles. The fraction of sp³-hybridized carbons (Fsp3) is 0.333. The largest absolute Gasteiger partial charge is 0.492 e. The molecule has 1 unspecified atom stereocenters. The van der Waals surface area contributed by atoms with Crippen LogP contribution in [0.15, 0.2) is 53.0 Å². The van der Waals surface area contributed by atoms with Gasteiger partial charge in [0, 0.05) is 23.6 Å². The molecule has 0 radical (unpaired) electrons. The van der Waals surface area contributed by atoms with Crippen LogP contribution >= 0.6 is 15.9 Å². The van der Waals surface area contributed by atoms with Gasteiger partial charge in [0.25, 0.3) is 0 Å². The van der Waals surface area contributed by atoms with Crippen molar-refractivity contribution in [3.63, 3.8) is 0 Å². The Morgan fingerprint density at radius 3 is 2.76 bits per heavy atom. The van der Waals surface area contributed by atoms with Crippen molar-refractivity contribution in [3.05, 3.63) is 64.1 Å². The molecule has 0 saturated heterocycles. The summed E-state index contributed by atoms with van der Waals surface area (Å²) in [5, 5.41) is 0. The van der Waals surface area contributed by atoms with Crippen molar-refractivity contribution in [2.24, 2.45) is 0 Å². The summed E-state index contributed by atoms with van der Waals surface area (Å²) in [6.45, 7) is 5.00. The van der Waals surface area contributed by atoms with Gasteiger partial charge in [-0.2, -0.15) is 0 Å². The molecule has 21 heavy (non-hydrogen) atoms. The summed E-state index contributed by atoms with van der Waals surface area (Å²) in [5.74, 6) is 0.949. The van der Waals surface area contributed by atoms with Crippen LogP contribution in [-0.2, 0) is 13.0 Å². The van der Waals surface area contributed by atoms with E-state index in [9.17, 15) is 0 Å². The molecule has 1 aliphatic heterocycles. The molecule has 2 aromatic rings. The quantitative estimate of drug-likeness (QED) is 0.820. The highest BCUT2D eigenvalue weighted by Gasteiger charge is 2.23. The van der Waals surface area contributed by atoms with E-state index >= 15 is 0 Å². The Hall–Kier alpha value is -1.32. The van der Waals surface area contributed by atoms with Crippen LogP contribution in [-0.4, -0.2) is 24.1 Å². The predicted molar refractivity (Wildman–Crippen MR) is 89.7 cm³/mol. The molecule has 3 rings (SSSR count). The van der Waals surface area contributed by atoms with Crippen molar-refractivity contribution in [2.75, 3.05) is 13.2 Å². The first-order chi connectivity index (χ1) is 10.2. The monoisotopic (exact) mass is 345 g/mol. The standard InChI is InChI=1S/C18H20BrNO/c1-14-12-17-15(6-5-9-18(17)19)13-20(14)10-11-21-16-7-3-2-4-8-16/h2-9,14H,10-13H2,1H3. The van der Waals surface area contributed by atoms with Gasteiger partial charge in [0.15, 0.2) is 0 Å². The number of hydrogen-bond donors (Lipinski definition) is 0. The van der Waals surface area contributed by atoms with Crippen molar-refractivity contribution >= 4 is 15.9 Å². The van der Waals surface area contributed by atoms with Crippen LogP contribution in [0.3, 0.4) is 0 Å². The molecule has 1 atom stereocenters. The van der Waals surface area contributed by atoms with E-state index < -0.39 is 0 Å². The fourth-order valence-electron chi connectivity index (χ4n) is 2.88. The maximum Gasteiger partial charge on any atom is 0.119 e. The Bertz CT molecular complexity index is 599. The second kappa shape index (κ2) is 6.63. The first kappa shape index (κ1) is 14.6. The number of nitrogens with zero attached hydrogens (tertiary/aromatic N) is 1. The topological polar surface area (TPSA) is 12.5 Å². The summed E-state index contributed by atoms with van der Waals surface area (Å²) in [4.78, 5) is 2.50. The number of para-hydroxylation sites is 1. The summed E-state index contributed by atoms with van der Waals surface area (Å²) in [6, 6.07) is 17.1. The number of ether oxygens (including phenoxy) is 1.